The lowest BCUT2D eigenvalue weighted by molar-refractivity contribution is 0.0474. The van der Waals surface area contributed by atoms with Gasteiger partial charge in [-0.25, -0.2) is 4.79 Å². The smallest absolute Gasteiger partial charge is 0.338 e. The minimum Gasteiger partial charge on any atom is -0.454 e. The molecule has 1 aliphatic rings. The van der Waals surface area contributed by atoms with Crippen molar-refractivity contribution >= 4 is 35.2 Å². The van der Waals surface area contributed by atoms with Crippen molar-refractivity contribution in [1.82, 2.24) is 4.90 Å². The van der Waals surface area contributed by atoms with Crippen LogP contribution in [0, 0.1) is 0 Å². The van der Waals surface area contributed by atoms with E-state index in [9.17, 15) is 19.2 Å². The molecule has 1 heterocycles. The minimum atomic E-state index is -0.644. The quantitative estimate of drug-likeness (QED) is 0.331. The van der Waals surface area contributed by atoms with Crippen LogP contribution in [0.4, 0.5) is 0 Å². The molecule has 0 aromatic heterocycles. The Labute approximate surface area is 183 Å². The van der Waals surface area contributed by atoms with Gasteiger partial charge in [0.2, 0.25) is 0 Å². The van der Waals surface area contributed by atoms with E-state index in [0.29, 0.717) is 27.3 Å². The number of nitrogens with zero attached hydrogens (tertiary/aromatic N) is 1. The molecule has 0 N–H and O–H groups in total. The number of ketones is 1. The molecule has 0 bridgehead atoms. The molecule has 1 aliphatic heterocycles. The second kappa shape index (κ2) is 8.53. The van der Waals surface area contributed by atoms with Gasteiger partial charge < -0.3 is 4.74 Å². The topological polar surface area (TPSA) is 80.8 Å². The number of hydrogen-bond acceptors (Lipinski definition) is 5. The molecule has 4 rings (SSSR count). The summed E-state index contributed by atoms with van der Waals surface area (Å²) >= 11 is 5.79. The average Bonchev–Trinajstić information content (AvgIpc) is 3.03. The zero-order valence-electron chi connectivity index (χ0n) is 16.2. The highest BCUT2D eigenvalue weighted by Crippen LogP contribution is 2.24. The molecule has 0 unspecified atom stereocenters. The predicted molar refractivity (Wildman–Crippen MR) is 113 cm³/mol. The summed E-state index contributed by atoms with van der Waals surface area (Å²) in [6.45, 7) is -0.298. The van der Waals surface area contributed by atoms with Crippen molar-refractivity contribution in [1.29, 1.82) is 0 Å². The number of rotatable bonds is 6. The SMILES string of the molecule is O=C(COC(=O)c1ccc(CN2C(=O)c3ccccc3C2=O)cc1)c1ccc(Cl)cc1. The fraction of sp³-hybridized carbons (Fsp3) is 0.0833. The summed E-state index contributed by atoms with van der Waals surface area (Å²) in [7, 11) is 0. The molecule has 0 saturated heterocycles. The normalized spacial score (nSPS) is 12.6. The number of imide groups is 1. The predicted octanol–water partition coefficient (Wildman–Crippen LogP) is 4.18. The van der Waals surface area contributed by atoms with E-state index in [1.54, 1.807) is 60.7 Å². The van der Waals surface area contributed by atoms with Crippen LogP contribution in [0.25, 0.3) is 0 Å². The Hall–Kier alpha value is -3.77. The Bertz CT molecular complexity index is 1150. The summed E-state index contributed by atoms with van der Waals surface area (Å²) in [4.78, 5) is 50.4. The van der Waals surface area contributed by atoms with Crippen molar-refractivity contribution in [3.63, 3.8) is 0 Å². The fourth-order valence-electron chi connectivity index (χ4n) is 3.25. The van der Waals surface area contributed by atoms with Crippen LogP contribution in [0.15, 0.2) is 72.8 Å². The summed E-state index contributed by atoms with van der Waals surface area (Å²) in [5.74, 6) is -1.67. The number of halogens is 1. The molecule has 154 valence electrons. The van der Waals surface area contributed by atoms with Gasteiger partial charge in [-0.15, -0.1) is 0 Å². The van der Waals surface area contributed by atoms with E-state index in [0.717, 1.165) is 0 Å². The fourth-order valence-corrected chi connectivity index (χ4v) is 3.37. The maximum Gasteiger partial charge on any atom is 0.338 e. The molecule has 0 radical (unpaired) electrons. The van der Waals surface area contributed by atoms with Gasteiger partial charge in [0.15, 0.2) is 12.4 Å². The number of ether oxygens (including phenoxy) is 1. The van der Waals surface area contributed by atoms with Crippen molar-refractivity contribution in [3.05, 3.63) is 106 Å². The van der Waals surface area contributed by atoms with Gasteiger partial charge in [0, 0.05) is 10.6 Å². The first-order chi connectivity index (χ1) is 14.9. The Morgan fingerprint density at radius 2 is 1.32 bits per heavy atom. The molecule has 0 atom stereocenters. The van der Waals surface area contributed by atoms with Crippen LogP contribution in [0.3, 0.4) is 0 Å². The van der Waals surface area contributed by atoms with E-state index < -0.39 is 12.6 Å². The van der Waals surface area contributed by atoms with Crippen LogP contribution in [0.1, 0.15) is 47.0 Å². The third-order valence-corrected chi connectivity index (χ3v) is 5.16. The largest absolute Gasteiger partial charge is 0.454 e. The monoisotopic (exact) mass is 433 g/mol. The molecular weight excluding hydrogens is 418 g/mol. The third kappa shape index (κ3) is 4.25. The molecule has 0 saturated carbocycles. The molecular formula is C24H16ClNO5. The van der Waals surface area contributed by atoms with Crippen molar-refractivity contribution in [3.8, 4) is 0 Å². The van der Waals surface area contributed by atoms with E-state index in [-0.39, 0.29) is 29.7 Å². The molecule has 3 aromatic carbocycles. The van der Waals surface area contributed by atoms with Crippen molar-refractivity contribution in [2.45, 2.75) is 6.54 Å². The molecule has 6 nitrogen and oxygen atoms in total. The summed E-state index contributed by atoms with van der Waals surface area (Å²) in [5, 5.41) is 0.509. The zero-order valence-corrected chi connectivity index (χ0v) is 17.0. The van der Waals surface area contributed by atoms with Crippen LogP contribution in [-0.2, 0) is 11.3 Å². The zero-order chi connectivity index (χ0) is 22.0. The first-order valence-electron chi connectivity index (χ1n) is 9.44. The van der Waals surface area contributed by atoms with Gasteiger partial charge in [0.25, 0.3) is 11.8 Å². The van der Waals surface area contributed by atoms with E-state index in [1.807, 2.05) is 0 Å². The third-order valence-electron chi connectivity index (χ3n) is 4.91. The Kier molecular flexibility index (Phi) is 5.64. The van der Waals surface area contributed by atoms with Gasteiger partial charge in [0.05, 0.1) is 23.2 Å². The number of amides is 2. The lowest BCUT2D eigenvalue weighted by Gasteiger charge is -2.14. The Balaban J connectivity index is 1.36. The van der Waals surface area contributed by atoms with Crippen LogP contribution in [0.5, 0.6) is 0 Å². The maximum atomic E-state index is 12.5. The second-order valence-corrected chi connectivity index (χ2v) is 7.38. The summed E-state index contributed by atoms with van der Waals surface area (Å²) in [5.41, 5.74) is 2.11. The van der Waals surface area contributed by atoms with Crippen LogP contribution in [0.2, 0.25) is 5.02 Å². The Morgan fingerprint density at radius 1 is 0.774 bits per heavy atom. The molecule has 7 heteroatoms. The number of Topliss-reactive ketones (excluding diaryl/α,β-unsaturated/α-hetero) is 1. The molecule has 3 aromatic rings. The van der Waals surface area contributed by atoms with Gasteiger partial charge in [0.1, 0.15) is 0 Å². The minimum absolute atomic E-state index is 0.0940. The van der Waals surface area contributed by atoms with Crippen LogP contribution >= 0.6 is 11.6 Å². The molecule has 31 heavy (non-hydrogen) atoms. The van der Waals surface area contributed by atoms with E-state index in [1.165, 1.54) is 17.0 Å². The van der Waals surface area contributed by atoms with Crippen molar-refractivity contribution in [2.75, 3.05) is 6.61 Å². The van der Waals surface area contributed by atoms with Gasteiger partial charge in [-0.2, -0.15) is 0 Å². The highest BCUT2D eigenvalue weighted by molar-refractivity contribution is 6.30. The second-order valence-electron chi connectivity index (χ2n) is 6.95. The van der Waals surface area contributed by atoms with Gasteiger partial charge in [-0.1, -0.05) is 35.9 Å². The van der Waals surface area contributed by atoms with Crippen LogP contribution in [-0.4, -0.2) is 35.1 Å². The maximum absolute atomic E-state index is 12.5. The van der Waals surface area contributed by atoms with E-state index >= 15 is 0 Å². The lowest BCUT2D eigenvalue weighted by atomic mass is 10.1. The van der Waals surface area contributed by atoms with Gasteiger partial charge in [-0.05, 0) is 54.1 Å². The molecule has 0 fully saturated rings. The van der Waals surface area contributed by atoms with Crippen LogP contribution < -0.4 is 0 Å². The molecule has 2 amide bonds. The molecule has 0 spiro atoms. The number of benzene rings is 3. The Morgan fingerprint density at radius 3 is 1.90 bits per heavy atom. The number of carbonyl (C=O) groups is 4. The molecule has 0 aliphatic carbocycles. The number of hydrogen-bond donors (Lipinski definition) is 0. The number of carbonyl (C=O) groups excluding carboxylic acids is 4. The number of fused-ring (bicyclic) bond motifs is 1. The average molecular weight is 434 g/mol. The van der Waals surface area contributed by atoms with Gasteiger partial charge >= 0.3 is 5.97 Å². The van der Waals surface area contributed by atoms with Gasteiger partial charge in [-0.3, -0.25) is 19.3 Å². The van der Waals surface area contributed by atoms with Crippen molar-refractivity contribution < 1.29 is 23.9 Å². The summed E-state index contributed by atoms with van der Waals surface area (Å²) < 4.78 is 5.08. The standard InChI is InChI=1S/C24H16ClNO5/c25-18-11-9-16(10-12-18)21(27)14-31-24(30)17-7-5-15(6-8-17)13-26-22(28)19-3-1-2-4-20(19)23(26)29/h1-12H,13-14H2. The van der Waals surface area contributed by atoms with Crippen molar-refractivity contribution in [2.24, 2.45) is 0 Å². The lowest BCUT2D eigenvalue weighted by Crippen LogP contribution is -2.29. The summed E-state index contributed by atoms with van der Waals surface area (Å²) in [6, 6.07) is 19.3. The van der Waals surface area contributed by atoms with E-state index in [2.05, 4.69) is 0 Å². The van der Waals surface area contributed by atoms with E-state index in [4.69, 9.17) is 16.3 Å². The first kappa shape index (κ1) is 20.5. The highest BCUT2D eigenvalue weighted by atomic mass is 35.5. The first-order valence-corrected chi connectivity index (χ1v) is 9.82. The number of esters is 1. The summed E-state index contributed by atoms with van der Waals surface area (Å²) in [6.07, 6.45) is 0. The highest BCUT2D eigenvalue weighted by Gasteiger charge is 2.34.